The van der Waals surface area contributed by atoms with Gasteiger partial charge in [-0.3, -0.25) is 4.79 Å². The summed E-state index contributed by atoms with van der Waals surface area (Å²) >= 11 is 3.83. The summed E-state index contributed by atoms with van der Waals surface area (Å²) in [5.74, 6) is -0.226. The smallest absolute Gasteiger partial charge is 0.232 e. The monoisotopic (exact) mass is 151 g/mol. The van der Waals surface area contributed by atoms with E-state index in [-0.39, 0.29) is 17.7 Å². The molecule has 0 aromatic carbocycles. The molecule has 0 spiro atoms. The molecule has 0 radical (unpaired) electrons. The summed E-state index contributed by atoms with van der Waals surface area (Å²) in [6.45, 7) is 1.20. The molecule has 1 amide bonds. The topological polar surface area (TPSA) is 29.1 Å². The molecular weight excluding hydrogens is 141 g/mol. The normalized spacial score (nSPS) is 12.8. The molecule has 9 heavy (non-hydrogen) atoms. The number of carbonyl (C=O) groups excluding carboxylic acids is 1. The third kappa shape index (κ3) is 4.27. The maximum atomic E-state index is 11.4. The molecule has 0 aliphatic rings. The summed E-state index contributed by atoms with van der Waals surface area (Å²) < 4.78 is 11.4. The second kappa shape index (κ2) is 4.61. The molecule has 0 bridgehead atoms. The van der Waals surface area contributed by atoms with Crippen LogP contribution in [0.1, 0.15) is 6.92 Å². The molecule has 0 saturated heterocycles. The summed E-state index contributed by atoms with van der Waals surface area (Å²) in [5.41, 5.74) is 0. The Balaban J connectivity index is 3.28. The minimum absolute atomic E-state index is 0.0870. The molecule has 1 N–H and O–H groups in total. The first-order chi connectivity index (χ1) is 4.18. The van der Waals surface area contributed by atoms with Crippen molar-refractivity contribution in [2.45, 2.75) is 12.2 Å². The fraction of sp³-hybridized carbons (Fsp3) is 0.800. The molecule has 0 aromatic heterocycles. The molecule has 0 aliphatic heterocycles. The summed E-state index contributed by atoms with van der Waals surface area (Å²) in [4.78, 5) is 10.5. The van der Waals surface area contributed by atoms with Gasteiger partial charge in [-0.15, -0.1) is 0 Å². The van der Waals surface area contributed by atoms with E-state index in [4.69, 9.17) is 0 Å². The highest BCUT2D eigenvalue weighted by atomic mass is 32.1. The fourth-order valence-corrected chi connectivity index (χ4v) is 0.409. The fourth-order valence-electron chi connectivity index (χ4n) is 0.318. The molecule has 54 valence electrons. The molecule has 1 atom stereocenters. The zero-order chi connectivity index (χ0) is 7.28. The second-order valence-corrected chi connectivity index (χ2v) is 2.43. The molecule has 1 unspecified atom stereocenters. The summed E-state index contributed by atoms with van der Waals surface area (Å²) in [5, 5.41) is 1.99. The van der Waals surface area contributed by atoms with Gasteiger partial charge in [-0.25, -0.2) is 4.39 Å². The van der Waals surface area contributed by atoms with Crippen LogP contribution in [0.25, 0.3) is 0 Å². The molecule has 2 nitrogen and oxygen atoms in total. The Labute approximate surface area is 59.2 Å². The maximum Gasteiger partial charge on any atom is 0.232 e. The van der Waals surface area contributed by atoms with Gasteiger partial charge < -0.3 is 5.32 Å². The van der Waals surface area contributed by atoms with E-state index in [0.717, 1.165) is 0 Å². The number of hydrogen-bond acceptors (Lipinski definition) is 2. The van der Waals surface area contributed by atoms with Crippen LogP contribution in [0.5, 0.6) is 0 Å². The van der Waals surface area contributed by atoms with Crippen molar-refractivity contribution in [1.82, 2.24) is 5.32 Å². The predicted octanol–water partition coefficient (Wildman–Crippen LogP) is 0.390. The van der Waals surface area contributed by atoms with Gasteiger partial charge in [-0.2, -0.15) is 12.6 Å². The van der Waals surface area contributed by atoms with E-state index in [9.17, 15) is 9.18 Å². The first-order valence-corrected chi connectivity index (χ1v) is 3.22. The molecular formula is C5H10FNOS. The zero-order valence-corrected chi connectivity index (χ0v) is 6.12. The van der Waals surface area contributed by atoms with E-state index in [1.165, 1.54) is 0 Å². The number of thiol groups is 1. The Kier molecular flexibility index (Phi) is 4.48. The summed E-state index contributed by atoms with van der Waals surface area (Å²) in [6.07, 6.45) is 0. The highest BCUT2D eigenvalue weighted by Crippen LogP contribution is 1.89. The van der Waals surface area contributed by atoms with Gasteiger partial charge in [-0.1, -0.05) is 0 Å². The van der Waals surface area contributed by atoms with Crippen LogP contribution in [0.15, 0.2) is 0 Å². The van der Waals surface area contributed by atoms with Crippen molar-refractivity contribution in [1.29, 1.82) is 0 Å². The lowest BCUT2D eigenvalue weighted by atomic mass is 10.4. The minimum Gasteiger partial charge on any atom is -0.353 e. The van der Waals surface area contributed by atoms with Crippen LogP contribution in [0.2, 0.25) is 0 Å². The zero-order valence-electron chi connectivity index (χ0n) is 5.22. The average Bonchev–Trinajstić information content (AvgIpc) is 1.82. The largest absolute Gasteiger partial charge is 0.353 e. The SMILES string of the molecule is CC(S)C(=O)NCCF. The Bertz CT molecular complexity index is 97.0. The van der Waals surface area contributed by atoms with Crippen molar-refractivity contribution in [3.63, 3.8) is 0 Å². The number of amides is 1. The van der Waals surface area contributed by atoms with E-state index in [1.807, 2.05) is 0 Å². The van der Waals surface area contributed by atoms with E-state index in [1.54, 1.807) is 6.92 Å². The van der Waals surface area contributed by atoms with Crippen LogP contribution in [-0.4, -0.2) is 24.4 Å². The molecule has 4 heteroatoms. The number of nitrogens with one attached hydrogen (secondary N) is 1. The molecule has 0 fully saturated rings. The van der Waals surface area contributed by atoms with E-state index in [2.05, 4.69) is 17.9 Å². The molecule has 0 heterocycles. The lowest BCUT2D eigenvalue weighted by Crippen LogP contribution is -2.31. The van der Waals surface area contributed by atoms with Gasteiger partial charge in [0.05, 0.1) is 5.25 Å². The quantitative estimate of drug-likeness (QED) is 0.561. The van der Waals surface area contributed by atoms with Crippen molar-refractivity contribution in [3.8, 4) is 0 Å². The molecule has 0 rings (SSSR count). The minimum atomic E-state index is -0.522. The van der Waals surface area contributed by atoms with Gasteiger partial charge in [0.15, 0.2) is 0 Å². The number of rotatable bonds is 3. The summed E-state index contributed by atoms with van der Waals surface area (Å²) in [6, 6.07) is 0. The maximum absolute atomic E-state index is 11.4. The first-order valence-electron chi connectivity index (χ1n) is 2.70. The van der Waals surface area contributed by atoms with Crippen molar-refractivity contribution in [2.24, 2.45) is 0 Å². The predicted molar refractivity (Wildman–Crippen MR) is 37.4 cm³/mol. The van der Waals surface area contributed by atoms with Crippen molar-refractivity contribution in [3.05, 3.63) is 0 Å². The van der Waals surface area contributed by atoms with Gasteiger partial charge in [0, 0.05) is 6.54 Å². The number of hydrogen-bond donors (Lipinski definition) is 2. The molecule has 0 saturated carbocycles. The van der Waals surface area contributed by atoms with E-state index in [0.29, 0.717) is 0 Å². The van der Waals surface area contributed by atoms with Crippen LogP contribution < -0.4 is 5.32 Å². The van der Waals surface area contributed by atoms with E-state index >= 15 is 0 Å². The van der Waals surface area contributed by atoms with Gasteiger partial charge in [0.1, 0.15) is 6.67 Å². The number of carbonyl (C=O) groups is 1. The van der Waals surface area contributed by atoms with Gasteiger partial charge in [-0.05, 0) is 6.92 Å². The van der Waals surface area contributed by atoms with Gasteiger partial charge in [0.2, 0.25) is 5.91 Å². The molecule has 0 aliphatic carbocycles. The van der Waals surface area contributed by atoms with Crippen molar-refractivity contribution >= 4 is 18.5 Å². The first kappa shape index (κ1) is 8.75. The second-order valence-electron chi connectivity index (χ2n) is 1.66. The lowest BCUT2D eigenvalue weighted by molar-refractivity contribution is -0.120. The van der Waals surface area contributed by atoms with Crippen LogP contribution in [0, 0.1) is 0 Å². The lowest BCUT2D eigenvalue weighted by Gasteiger charge is -2.02. The third-order valence-electron chi connectivity index (χ3n) is 0.773. The Morgan fingerprint density at radius 3 is 2.78 bits per heavy atom. The van der Waals surface area contributed by atoms with Crippen molar-refractivity contribution in [2.75, 3.05) is 13.2 Å². The van der Waals surface area contributed by atoms with Gasteiger partial charge in [0.25, 0.3) is 0 Å². The van der Waals surface area contributed by atoms with E-state index < -0.39 is 6.67 Å². The molecule has 0 aromatic rings. The Morgan fingerprint density at radius 1 is 1.89 bits per heavy atom. The summed E-state index contributed by atoms with van der Waals surface area (Å²) in [7, 11) is 0. The third-order valence-corrected chi connectivity index (χ3v) is 1.01. The van der Waals surface area contributed by atoms with Crippen LogP contribution >= 0.6 is 12.6 Å². The highest BCUT2D eigenvalue weighted by molar-refractivity contribution is 7.81. The number of alkyl halides is 1. The Morgan fingerprint density at radius 2 is 2.44 bits per heavy atom. The van der Waals surface area contributed by atoms with Crippen LogP contribution in [0.3, 0.4) is 0 Å². The number of halogens is 1. The average molecular weight is 151 g/mol. The Hall–Kier alpha value is -0.250. The standard InChI is InChI=1S/C5H10FNOS/c1-4(9)5(8)7-3-2-6/h4,9H,2-3H2,1H3,(H,7,8). The van der Waals surface area contributed by atoms with Crippen molar-refractivity contribution < 1.29 is 9.18 Å². The van der Waals surface area contributed by atoms with Gasteiger partial charge >= 0.3 is 0 Å². The van der Waals surface area contributed by atoms with Crippen LogP contribution in [0.4, 0.5) is 4.39 Å². The van der Waals surface area contributed by atoms with Crippen LogP contribution in [-0.2, 0) is 4.79 Å². The highest BCUT2D eigenvalue weighted by Gasteiger charge is 2.04.